The Morgan fingerprint density at radius 2 is 1.96 bits per heavy atom. The summed E-state index contributed by atoms with van der Waals surface area (Å²) in [7, 11) is 0. The molecule has 3 N–H and O–H groups in total. The van der Waals surface area contributed by atoms with Crippen LogP contribution in [0.2, 0.25) is 0 Å². The Hall–Kier alpha value is -2.60. The molecule has 1 unspecified atom stereocenters. The van der Waals surface area contributed by atoms with Gasteiger partial charge in [-0.25, -0.2) is 0 Å². The van der Waals surface area contributed by atoms with E-state index in [9.17, 15) is 14.7 Å². The molecule has 2 amide bonds. The van der Waals surface area contributed by atoms with E-state index in [1.807, 2.05) is 32.0 Å². The maximum atomic E-state index is 11.9. The second kappa shape index (κ2) is 7.60. The van der Waals surface area contributed by atoms with Crippen LogP contribution < -0.4 is 10.6 Å². The highest BCUT2D eigenvalue weighted by atomic mass is 16.4. The number of benzene rings is 1. The molecule has 0 aliphatic heterocycles. The van der Waals surface area contributed by atoms with Crippen LogP contribution in [0.5, 0.6) is 0 Å². The van der Waals surface area contributed by atoms with Gasteiger partial charge in [-0.05, 0) is 35.7 Å². The second-order valence-electron chi connectivity index (χ2n) is 5.48. The standard InChI is InChI=1S/C17H20N2O4/c1-11(2)12-5-3-6-13(9-12)19-17(22)16(21)18-10-14(20)15-7-4-8-23-15/h3-9,11,14,20H,10H2,1-2H3,(H,18,21)(H,19,22). The normalized spacial score (nSPS) is 12.0. The van der Waals surface area contributed by atoms with Crippen LogP contribution in [0.3, 0.4) is 0 Å². The van der Waals surface area contributed by atoms with Crippen LogP contribution in [-0.4, -0.2) is 23.5 Å². The molecule has 1 aromatic heterocycles. The number of carbonyl (C=O) groups is 2. The van der Waals surface area contributed by atoms with Gasteiger partial charge in [-0.15, -0.1) is 0 Å². The second-order valence-corrected chi connectivity index (χ2v) is 5.48. The van der Waals surface area contributed by atoms with Crippen molar-refractivity contribution in [3.05, 3.63) is 54.0 Å². The third-order valence-corrected chi connectivity index (χ3v) is 3.34. The van der Waals surface area contributed by atoms with Crippen LogP contribution >= 0.6 is 0 Å². The minimum absolute atomic E-state index is 0.105. The molecular weight excluding hydrogens is 296 g/mol. The summed E-state index contributed by atoms with van der Waals surface area (Å²) in [4.78, 5) is 23.6. The predicted octanol–water partition coefficient (Wildman–Crippen LogP) is 2.19. The molecule has 0 aliphatic rings. The zero-order valence-corrected chi connectivity index (χ0v) is 13.1. The maximum absolute atomic E-state index is 11.9. The quantitative estimate of drug-likeness (QED) is 0.737. The Bertz CT molecular complexity index is 665. The fraction of sp³-hybridized carbons (Fsp3) is 0.294. The lowest BCUT2D eigenvalue weighted by Crippen LogP contribution is -2.37. The van der Waals surface area contributed by atoms with Crippen LogP contribution in [0.25, 0.3) is 0 Å². The van der Waals surface area contributed by atoms with Gasteiger partial charge in [0, 0.05) is 5.69 Å². The lowest BCUT2D eigenvalue weighted by Gasteiger charge is -2.11. The molecule has 0 radical (unpaired) electrons. The molecule has 1 aromatic carbocycles. The van der Waals surface area contributed by atoms with Crippen LogP contribution in [0.4, 0.5) is 5.69 Å². The van der Waals surface area contributed by atoms with Crippen molar-refractivity contribution in [1.82, 2.24) is 5.32 Å². The summed E-state index contributed by atoms with van der Waals surface area (Å²) in [5, 5.41) is 14.7. The lowest BCUT2D eigenvalue weighted by molar-refractivity contribution is -0.136. The van der Waals surface area contributed by atoms with Gasteiger partial charge in [0.1, 0.15) is 11.9 Å². The van der Waals surface area contributed by atoms with Crippen LogP contribution in [0.1, 0.15) is 37.2 Å². The molecule has 0 saturated carbocycles. The zero-order valence-electron chi connectivity index (χ0n) is 13.1. The van der Waals surface area contributed by atoms with E-state index >= 15 is 0 Å². The van der Waals surface area contributed by atoms with Gasteiger partial charge in [-0.1, -0.05) is 26.0 Å². The number of hydrogen-bond acceptors (Lipinski definition) is 4. The van der Waals surface area contributed by atoms with E-state index in [4.69, 9.17) is 4.42 Å². The SMILES string of the molecule is CC(C)c1cccc(NC(=O)C(=O)NCC(O)c2ccco2)c1. The average Bonchev–Trinajstić information content (AvgIpc) is 3.07. The molecule has 0 bridgehead atoms. The molecule has 2 aromatic rings. The Labute approximate surface area is 134 Å². The highest BCUT2D eigenvalue weighted by Crippen LogP contribution is 2.18. The van der Waals surface area contributed by atoms with Crippen molar-refractivity contribution < 1.29 is 19.1 Å². The van der Waals surface area contributed by atoms with Crippen molar-refractivity contribution >= 4 is 17.5 Å². The minimum Gasteiger partial charge on any atom is -0.467 e. The van der Waals surface area contributed by atoms with E-state index in [-0.39, 0.29) is 6.54 Å². The lowest BCUT2D eigenvalue weighted by atomic mass is 10.0. The molecule has 1 atom stereocenters. The fourth-order valence-corrected chi connectivity index (χ4v) is 2.01. The van der Waals surface area contributed by atoms with Crippen molar-refractivity contribution in [1.29, 1.82) is 0 Å². The van der Waals surface area contributed by atoms with E-state index < -0.39 is 17.9 Å². The monoisotopic (exact) mass is 316 g/mol. The first-order valence-corrected chi connectivity index (χ1v) is 7.38. The molecule has 2 rings (SSSR count). The van der Waals surface area contributed by atoms with Crippen LogP contribution in [0, 0.1) is 0 Å². The van der Waals surface area contributed by atoms with Gasteiger partial charge in [-0.3, -0.25) is 9.59 Å². The first-order valence-electron chi connectivity index (χ1n) is 7.38. The van der Waals surface area contributed by atoms with Crippen molar-refractivity contribution in [2.75, 3.05) is 11.9 Å². The Morgan fingerprint density at radius 1 is 1.17 bits per heavy atom. The molecule has 6 heteroatoms. The van der Waals surface area contributed by atoms with Crippen molar-refractivity contribution in [3.63, 3.8) is 0 Å². The Kier molecular flexibility index (Phi) is 5.54. The van der Waals surface area contributed by atoms with E-state index in [2.05, 4.69) is 10.6 Å². The summed E-state index contributed by atoms with van der Waals surface area (Å²) in [5.41, 5.74) is 1.62. The third-order valence-electron chi connectivity index (χ3n) is 3.34. The molecule has 0 fully saturated rings. The Balaban J connectivity index is 1.87. The number of hydrogen-bond donors (Lipinski definition) is 3. The number of carbonyl (C=O) groups excluding carboxylic acids is 2. The fourth-order valence-electron chi connectivity index (χ4n) is 2.01. The molecular formula is C17H20N2O4. The van der Waals surface area contributed by atoms with Gasteiger partial charge in [0.2, 0.25) is 0 Å². The highest BCUT2D eigenvalue weighted by molar-refractivity contribution is 6.39. The van der Waals surface area contributed by atoms with Crippen LogP contribution in [0.15, 0.2) is 47.1 Å². The van der Waals surface area contributed by atoms with Gasteiger partial charge in [0.25, 0.3) is 0 Å². The van der Waals surface area contributed by atoms with Gasteiger partial charge in [0.15, 0.2) is 0 Å². The number of rotatable bonds is 5. The Morgan fingerprint density at radius 3 is 2.61 bits per heavy atom. The van der Waals surface area contributed by atoms with Gasteiger partial charge in [-0.2, -0.15) is 0 Å². The summed E-state index contributed by atoms with van der Waals surface area (Å²) in [6.07, 6.45) is 0.431. The molecule has 6 nitrogen and oxygen atoms in total. The average molecular weight is 316 g/mol. The molecule has 1 heterocycles. The predicted molar refractivity (Wildman–Crippen MR) is 85.8 cm³/mol. The minimum atomic E-state index is -0.994. The number of nitrogens with one attached hydrogen (secondary N) is 2. The topological polar surface area (TPSA) is 91.6 Å². The molecule has 122 valence electrons. The van der Waals surface area contributed by atoms with Crippen LogP contribution in [-0.2, 0) is 9.59 Å². The summed E-state index contributed by atoms with van der Waals surface area (Å²) in [6, 6.07) is 10.6. The van der Waals surface area contributed by atoms with Crippen molar-refractivity contribution in [2.45, 2.75) is 25.9 Å². The van der Waals surface area contributed by atoms with E-state index in [1.165, 1.54) is 6.26 Å². The third kappa shape index (κ3) is 4.69. The van der Waals surface area contributed by atoms with E-state index in [1.54, 1.807) is 18.2 Å². The number of aliphatic hydroxyl groups is 1. The molecule has 23 heavy (non-hydrogen) atoms. The van der Waals surface area contributed by atoms with Gasteiger partial charge in [0.05, 0.1) is 12.8 Å². The smallest absolute Gasteiger partial charge is 0.313 e. The molecule has 0 aliphatic carbocycles. The number of amides is 2. The number of aliphatic hydroxyl groups excluding tert-OH is 1. The summed E-state index contributed by atoms with van der Waals surface area (Å²) in [6.45, 7) is 3.99. The number of anilines is 1. The first-order chi connectivity index (χ1) is 11.0. The molecule has 0 spiro atoms. The van der Waals surface area contributed by atoms with Gasteiger partial charge < -0.3 is 20.2 Å². The number of furan rings is 1. The summed E-state index contributed by atoms with van der Waals surface area (Å²) >= 11 is 0. The summed E-state index contributed by atoms with van der Waals surface area (Å²) in [5.74, 6) is -0.942. The van der Waals surface area contributed by atoms with Crippen molar-refractivity contribution in [3.8, 4) is 0 Å². The zero-order chi connectivity index (χ0) is 16.8. The maximum Gasteiger partial charge on any atom is 0.313 e. The van der Waals surface area contributed by atoms with E-state index in [0.29, 0.717) is 17.4 Å². The highest BCUT2D eigenvalue weighted by Gasteiger charge is 2.17. The van der Waals surface area contributed by atoms with Gasteiger partial charge >= 0.3 is 11.8 Å². The summed E-state index contributed by atoms with van der Waals surface area (Å²) < 4.78 is 5.02. The molecule has 0 saturated heterocycles. The largest absolute Gasteiger partial charge is 0.467 e. The van der Waals surface area contributed by atoms with E-state index in [0.717, 1.165) is 5.56 Å². The van der Waals surface area contributed by atoms with Crippen molar-refractivity contribution in [2.24, 2.45) is 0 Å². The first kappa shape index (κ1) is 16.8.